The van der Waals surface area contributed by atoms with Gasteiger partial charge < -0.3 is 10.8 Å². The van der Waals surface area contributed by atoms with Gasteiger partial charge >= 0.3 is 5.97 Å². The van der Waals surface area contributed by atoms with Crippen molar-refractivity contribution in [2.45, 2.75) is 16.2 Å². The summed E-state index contributed by atoms with van der Waals surface area (Å²) in [6.45, 7) is 0. The molecule has 2 aromatic rings. The Bertz CT molecular complexity index is 599. The van der Waals surface area contributed by atoms with Crippen molar-refractivity contribution in [1.82, 2.24) is 0 Å². The van der Waals surface area contributed by atoms with Crippen LogP contribution in [-0.4, -0.2) is 11.1 Å². The SMILES string of the molecule is Nc1ccc(Sc2ccc(Cl)cc2)c(CC(=O)O)c1. The molecule has 2 rings (SSSR count). The van der Waals surface area contributed by atoms with Gasteiger partial charge in [0.15, 0.2) is 0 Å². The zero-order chi connectivity index (χ0) is 13.8. The Morgan fingerprint density at radius 2 is 1.89 bits per heavy atom. The number of benzene rings is 2. The molecule has 5 heteroatoms. The fourth-order valence-corrected chi connectivity index (χ4v) is 2.68. The highest BCUT2D eigenvalue weighted by Gasteiger charge is 2.09. The number of nitrogen functional groups attached to an aromatic ring is 1. The lowest BCUT2D eigenvalue weighted by atomic mass is 10.1. The molecular formula is C14H12ClNO2S. The summed E-state index contributed by atoms with van der Waals surface area (Å²) in [6, 6.07) is 12.7. The second kappa shape index (κ2) is 5.99. The number of aliphatic carboxylic acids is 1. The first kappa shape index (κ1) is 13.8. The summed E-state index contributed by atoms with van der Waals surface area (Å²) in [6.07, 6.45) is -0.0407. The number of carbonyl (C=O) groups is 1. The topological polar surface area (TPSA) is 63.3 Å². The van der Waals surface area contributed by atoms with Crippen LogP contribution in [0.5, 0.6) is 0 Å². The van der Waals surface area contributed by atoms with E-state index in [0.29, 0.717) is 16.3 Å². The van der Waals surface area contributed by atoms with E-state index >= 15 is 0 Å². The minimum Gasteiger partial charge on any atom is -0.481 e. The quantitative estimate of drug-likeness (QED) is 0.844. The molecule has 0 fully saturated rings. The van der Waals surface area contributed by atoms with Crippen molar-refractivity contribution >= 4 is 35.0 Å². The van der Waals surface area contributed by atoms with Crippen LogP contribution < -0.4 is 5.73 Å². The van der Waals surface area contributed by atoms with Gasteiger partial charge in [-0.05, 0) is 48.0 Å². The second-order valence-electron chi connectivity index (χ2n) is 3.99. The summed E-state index contributed by atoms with van der Waals surface area (Å²) < 4.78 is 0. The molecule has 0 bridgehead atoms. The number of carboxylic acid groups (broad SMARTS) is 1. The summed E-state index contributed by atoms with van der Waals surface area (Å²) in [5.74, 6) is -0.872. The van der Waals surface area contributed by atoms with Crippen molar-refractivity contribution in [3.63, 3.8) is 0 Å². The van der Waals surface area contributed by atoms with Crippen molar-refractivity contribution in [1.29, 1.82) is 0 Å². The molecule has 0 aromatic heterocycles. The predicted octanol–water partition coefficient (Wildman–Crippen LogP) is 3.70. The molecule has 0 aliphatic carbocycles. The predicted molar refractivity (Wildman–Crippen MR) is 77.8 cm³/mol. The highest BCUT2D eigenvalue weighted by atomic mass is 35.5. The second-order valence-corrected chi connectivity index (χ2v) is 5.55. The van der Waals surface area contributed by atoms with E-state index in [2.05, 4.69) is 0 Å². The van der Waals surface area contributed by atoms with Crippen LogP contribution in [0.2, 0.25) is 5.02 Å². The Morgan fingerprint density at radius 1 is 1.21 bits per heavy atom. The molecule has 0 saturated heterocycles. The molecule has 0 aliphatic rings. The molecule has 0 spiro atoms. The van der Waals surface area contributed by atoms with Gasteiger partial charge in [0, 0.05) is 20.5 Å². The maximum absolute atomic E-state index is 10.9. The summed E-state index contributed by atoms with van der Waals surface area (Å²) in [4.78, 5) is 12.8. The van der Waals surface area contributed by atoms with Crippen LogP contribution in [0, 0.1) is 0 Å². The molecule has 0 radical (unpaired) electrons. The fourth-order valence-electron chi connectivity index (χ4n) is 1.63. The Labute approximate surface area is 120 Å². The van der Waals surface area contributed by atoms with E-state index in [-0.39, 0.29) is 6.42 Å². The lowest BCUT2D eigenvalue weighted by Gasteiger charge is -2.08. The molecule has 3 nitrogen and oxygen atoms in total. The number of hydrogen-bond acceptors (Lipinski definition) is 3. The lowest BCUT2D eigenvalue weighted by Crippen LogP contribution is -2.02. The van der Waals surface area contributed by atoms with Gasteiger partial charge in [0.2, 0.25) is 0 Å². The molecule has 0 saturated carbocycles. The van der Waals surface area contributed by atoms with Crippen molar-refractivity contribution in [2.24, 2.45) is 0 Å². The monoisotopic (exact) mass is 293 g/mol. The Morgan fingerprint density at radius 3 is 2.53 bits per heavy atom. The lowest BCUT2D eigenvalue weighted by molar-refractivity contribution is -0.136. The highest BCUT2D eigenvalue weighted by molar-refractivity contribution is 7.99. The Hall–Kier alpha value is -1.65. The van der Waals surface area contributed by atoms with Crippen LogP contribution >= 0.6 is 23.4 Å². The first-order valence-corrected chi connectivity index (χ1v) is 6.77. The van der Waals surface area contributed by atoms with Crippen LogP contribution in [0.25, 0.3) is 0 Å². The third kappa shape index (κ3) is 3.91. The zero-order valence-corrected chi connectivity index (χ0v) is 11.5. The highest BCUT2D eigenvalue weighted by Crippen LogP contribution is 2.32. The van der Waals surface area contributed by atoms with Crippen LogP contribution in [0.4, 0.5) is 5.69 Å². The summed E-state index contributed by atoms with van der Waals surface area (Å²) in [5.41, 5.74) is 6.98. The minimum atomic E-state index is -0.872. The maximum atomic E-state index is 10.9. The number of carboxylic acids is 1. The first-order valence-electron chi connectivity index (χ1n) is 5.58. The molecule has 19 heavy (non-hydrogen) atoms. The molecule has 0 amide bonds. The van der Waals surface area contributed by atoms with Gasteiger partial charge in [-0.3, -0.25) is 4.79 Å². The zero-order valence-electron chi connectivity index (χ0n) is 9.97. The Kier molecular flexibility index (Phi) is 4.35. The van der Waals surface area contributed by atoms with E-state index in [1.165, 1.54) is 11.8 Å². The van der Waals surface area contributed by atoms with Crippen LogP contribution in [0.1, 0.15) is 5.56 Å². The van der Waals surface area contributed by atoms with E-state index in [4.69, 9.17) is 22.4 Å². The van der Waals surface area contributed by atoms with E-state index in [0.717, 1.165) is 9.79 Å². The van der Waals surface area contributed by atoms with Crippen molar-refractivity contribution < 1.29 is 9.90 Å². The average Bonchev–Trinajstić information content (AvgIpc) is 2.34. The van der Waals surface area contributed by atoms with Gasteiger partial charge in [-0.25, -0.2) is 0 Å². The van der Waals surface area contributed by atoms with Gasteiger partial charge in [0.25, 0.3) is 0 Å². The number of nitrogens with two attached hydrogens (primary N) is 1. The largest absolute Gasteiger partial charge is 0.481 e. The summed E-state index contributed by atoms with van der Waals surface area (Å²) in [5, 5.41) is 9.59. The molecule has 0 aliphatic heterocycles. The molecule has 3 N–H and O–H groups in total. The summed E-state index contributed by atoms with van der Waals surface area (Å²) in [7, 11) is 0. The minimum absolute atomic E-state index is 0.0407. The van der Waals surface area contributed by atoms with Crippen molar-refractivity contribution in [3.05, 3.63) is 53.1 Å². The molecule has 0 heterocycles. The van der Waals surface area contributed by atoms with Crippen LogP contribution in [-0.2, 0) is 11.2 Å². The van der Waals surface area contributed by atoms with E-state index in [1.807, 2.05) is 18.2 Å². The third-order valence-electron chi connectivity index (χ3n) is 2.47. The number of halogens is 1. The average molecular weight is 294 g/mol. The van der Waals surface area contributed by atoms with Crippen molar-refractivity contribution in [2.75, 3.05) is 5.73 Å². The van der Waals surface area contributed by atoms with Crippen LogP contribution in [0.15, 0.2) is 52.3 Å². The molecule has 0 unspecified atom stereocenters. The molecular weight excluding hydrogens is 282 g/mol. The fraction of sp³-hybridized carbons (Fsp3) is 0.0714. The Balaban J connectivity index is 2.28. The third-order valence-corrected chi connectivity index (χ3v) is 3.85. The number of anilines is 1. The van der Waals surface area contributed by atoms with Gasteiger partial charge in [-0.2, -0.15) is 0 Å². The smallest absolute Gasteiger partial charge is 0.307 e. The normalized spacial score (nSPS) is 10.4. The summed E-state index contributed by atoms with van der Waals surface area (Å²) >= 11 is 7.33. The van der Waals surface area contributed by atoms with E-state index < -0.39 is 5.97 Å². The van der Waals surface area contributed by atoms with Gasteiger partial charge in [-0.1, -0.05) is 23.4 Å². The van der Waals surface area contributed by atoms with Gasteiger partial charge in [-0.15, -0.1) is 0 Å². The van der Waals surface area contributed by atoms with Gasteiger partial charge in [0.1, 0.15) is 0 Å². The van der Waals surface area contributed by atoms with E-state index in [1.54, 1.807) is 24.3 Å². The maximum Gasteiger partial charge on any atom is 0.307 e. The molecule has 0 atom stereocenters. The first-order chi connectivity index (χ1) is 9.04. The standard InChI is InChI=1S/C14H12ClNO2S/c15-10-1-4-12(5-2-10)19-13-6-3-11(16)7-9(13)8-14(17)18/h1-7H,8,16H2,(H,17,18). The number of rotatable bonds is 4. The van der Waals surface area contributed by atoms with Crippen LogP contribution in [0.3, 0.4) is 0 Å². The molecule has 2 aromatic carbocycles. The van der Waals surface area contributed by atoms with Crippen molar-refractivity contribution in [3.8, 4) is 0 Å². The van der Waals surface area contributed by atoms with Gasteiger partial charge in [0.05, 0.1) is 6.42 Å². The number of hydrogen-bond donors (Lipinski definition) is 2. The molecule has 98 valence electrons. The van der Waals surface area contributed by atoms with E-state index in [9.17, 15) is 4.79 Å².